The highest BCUT2D eigenvalue weighted by Gasteiger charge is 2.45. The van der Waals surface area contributed by atoms with Crippen LogP contribution in [0.4, 0.5) is 13.2 Å². The zero-order chi connectivity index (χ0) is 23.6. The van der Waals surface area contributed by atoms with Crippen LogP contribution in [0.15, 0.2) is 42.9 Å². The minimum absolute atomic E-state index is 0.0255. The Balaban J connectivity index is 1.38. The number of pyridine rings is 2. The van der Waals surface area contributed by atoms with Gasteiger partial charge in [-0.2, -0.15) is 13.2 Å². The fourth-order valence-corrected chi connectivity index (χ4v) is 4.16. The van der Waals surface area contributed by atoms with Gasteiger partial charge in [0.05, 0.1) is 30.7 Å². The van der Waals surface area contributed by atoms with Gasteiger partial charge in [-0.3, -0.25) is 14.6 Å². The Labute approximate surface area is 188 Å². The topological polar surface area (TPSA) is 84.9 Å². The van der Waals surface area contributed by atoms with Gasteiger partial charge in [-0.15, -0.1) is 0 Å². The fraction of sp³-hybridized carbons (Fsp3) is 0.455. The van der Waals surface area contributed by atoms with E-state index in [0.29, 0.717) is 12.7 Å². The molecule has 4 rings (SSSR count). The number of aromatic nitrogens is 2. The van der Waals surface area contributed by atoms with E-state index in [1.807, 2.05) is 6.07 Å². The maximum absolute atomic E-state index is 13.3. The van der Waals surface area contributed by atoms with Crippen molar-refractivity contribution in [2.45, 2.75) is 24.7 Å². The van der Waals surface area contributed by atoms with Crippen molar-refractivity contribution in [3.05, 3.63) is 54.0 Å². The summed E-state index contributed by atoms with van der Waals surface area (Å²) in [5.74, 6) is -0.760. The van der Waals surface area contributed by atoms with Gasteiger partial charge in [0.25, 0.3) is 0 Å². The second kappa shape index (κ2) is 9.34. The number of hydrogen-bond acceptors (Lipinski definition) is 6. The van der Waals surface area contributed by atoms with Crippen LogP contribution in [-0.4, -0.2) is 71.0 Å². The number of rotatable bonds is 5. The van der Waals surface area contributed by atoms with Gasteiger partial charge in [0.15, 0.2) is 0 Å². The van der Waals surface area contributed by atoms with E-state index >= 15 is 0 Å². The highest BCUT2D eigenvalue weighted by molar-refractivity contribution is 5.90. The molecule has 0 saturated carbocycles. The molecular formula is C22H23F3N4O4. The summed E-state index contributed by atoms with van der Waals surface area (Å²) in [4.78, 5) is 36.7. The molecule has 2 saturated heterocycles. The van der Waals surface area contributed by atoms with E-state index in [0.717, 1.165) is 17.7 Å². The first kappa shape index (κ1) is 23.0. The third kappa shape index (κ3) is 5.08. The van der Waals surface area contributed by atoms with E-state index in [9.17, 15) is 22.8 Å². The van der Waals surface area contributed by atoms with Gasteiger partial charge in [0.1, 0.15) is 12.7 Å². The maximum atomic E-state index is 13.3. The molecule has 2 aromatic rings. The van der Waals surface area contributed by atoms with Crippen LogP contribution in [0, 0.1) is 5.92 Å². The smallest absolute Gasteiger partial charge is 0.417 e. The summed E-state index contributed by atoms with van der Waals surface area (Å²) in [5.41, 5.74) is -0.0643. The van der Waals surface area contributed by atoms with Crippen LogP contribution in [0.25, 0.3) is 0 Å². The number of alkyl halides is 3. The lowest BCUT2D eigenvalue weighted by molar-refractivity contribution is -0.145. The third-order valence-electron chi connectivity index (χ3n) is 5.86. The largest absolute Gasteiger partial charge is 0.475 e. The van der Waals surface area contributed by atoms with Crippen LogP contribution in [0.1, 0.15) is 23.6 Å². The molecule has 0 aliphatic carbocycles. The van der Waals surface area contributed by atoms with Gasteiger partial charge in [-0.1, -0.05) is 6.07 Å². The van der Waals surface area contributed by atoms with E-state index < -0.39 is 29.8 Å². The standard InChI is InChI=1S/C22H23F3N4O4/c1-28-19(30)9-17(20(28)14-3-2-6-26-10-14)21(31)29-7-8-32-16(12-29)13-33-18-5-4-15(11-27-18)22(23,24)25/h2-6,10-11,16-17,20H,7-9,12-13H2,1H3. The average molecular weight is 464 g/mol. The summed E-state index contributed by atoms with van der Waals surface area (Å²) >= 11 is 0. The Hall–Kier alpha value is -3.21. The first-order valence-corrected chi connectivity index (χ1v) is 10.5. The predicted octanol–water partition coefficient (Wildman–Crippen LogP) is 2.32. The fourth-order valence-electron chi connectivity index (χ4n) is 4.16. The van der Waals surface area contributed by atoms with Crippen LogP contribution in [0.5, 0.6) is 5.88 Å². The van der Waals surface area contributed by atoms with Gasteiger partial charge in [0.2, 0.25) is 17.7 Å². The van der Waals surface area contributed by atoms with Crippen LogP contribution in [0.2, 0.25) is 0 Å². The quantitative estimate of drug-likeness (QED) is 0.675. The molecule has 3 unspecified atom stereocenters. The Bertz CT molecular complexity index is 987. The Morgan fingerprint density at radius 1 is 1.27 bits per heavy atom. The molecule has 0 spiro atoms. The summed E-state index contributed by atoms with van der Waals surface area (Å²) in [6, 6.07) is 5.26. The van der Waals surface area contributed by atoms with Crippen molar-refractivity contribution in [1.82, 2.24) is 19.8 Å². The molecule has 11 heteroatoms. The molecule has 0 N–H and O–H groups in total. The van der Waals surface area contributed by atoms with E-state index in [1.54, 1.807) is 35.3 Å². The summed E-state index contributed by atoms with van der Waals surface area (Å²) in [7, 11) is 1.68. The van der Waals surface area contributed by atoms with Crippen LogP contribution in [-0.2, 0) is 20.5 Å². The van der Waals surface area contributed by atoms with Gasteiger partial charge in [0, 0.05) is 44.7 Å². The Morgan fingerprint density at radius 2 is 2.09 bits per heavy atom. The van der Waals surface area contributed by atoms with Gasteiger partial charge in [-0.25, -0.2) is 4.98 Å². The SMILES string of the molecule is CN1C(=O)CC(C(=O)N2CCOC(COc3ccc(C(F)(F)F)cn3)C2)C1c1cccnc1. The van der Waals surface area contributed by atoms with Gasteiger partial charge in [-0.05, 0) is 17.7 Å². The van der Waals surface area contributed by atoms with Crippen LogP contribution < -0.4 is 4.74 Å². The normalized spacial score (nSPS) is 23.6. The lowest BCUT2D eigenvalue weighted by Gasteiger charge is -2.35. The average Bonchev–Trinajstić information content (AvgIpc) is 3.12. The number of morpholine rings is 1. The van der Waals surface area contributed by atoms with Crippen molar-refractivity contribution in [1.29, 1.82) is 0 Å². The molecule has 2 aliphatic heterocycles. The molecule has 2 fully saturated rings. The number of carbonyl (C=O) groups excluding carboxylic acids is 2. The first-order chi connectivity index (χ1) is 15.7. The molecule has 2 amide bonds. The van der Waals surface area contributed by atoms with E-state index in [2.05, 4.69) is 9.97 Å². The predicted molar refractivity (Wildman–Crippen MR) is 109 cm³/mol. The Morgan fingerprint density at radius 3 is 2.76 bits per heavy atom. The van der Waals surface area contributed by atoms with Crippen molar-refractivity contribution in [2.24, 2.45) is 5.92 Å². The second-order valence-corrected chi connectivity index (χ2v) is 8.02. The first-order valence-electron chi connectivity index (χ1n) is 10.5. The number of halogens is 3. The minimum atomic E-state index is -4.47. The van der Waals surface area contributed by atoms with Crippen molar-refractivity contribution < 1.29 is 32.2 Å². The zero-order valence-corrected chi connectivity index (χ0v) is 17.9. The Kier molecular flexibility index (Phi) is 6.50. The minimum Gasteiger partial charge on any atom is -0.475 e. The molecule has 0 aromatic carbocycles. The van der Waals surface area contributed by atoms with Crippen LogP contribution >= 0.6 is 0 Å². The molecule has 2 aromatic heterocycles. The number of carbonyl (C=O) groups is 2. The van der Waals surface area contributed by atoms with E-state index in [-0.39, 0.29) is 43.9 Å². The molecule has 2 aliphatic rings. The lowest BCUT2D eigenvalue weighted by atomic mass is 9.93. The molecule has 0 bridgehead atoms. The summed E-state index contributed by atoms with van der Waals surface area (Å²) in [5, 5.41) is 0. The van der Waals surface area contributed by atoms with Gasteiger partial charge < -0.3 is 19.3 Å². The van der Waals surface area contributed by atoms with Gasteiger partial charge >= 0.3 is 6.18 Å². The second-order valence-electron chi connectivity index (χ2n) is 8.02. The summed E-state index contributed by atoms with van der Waals surface area (Å²) in [6.45, 7) is 0.932. The molecule has 0 radical (unpaired) electrons. The molecule has 176 valence electrons. The molecule has 3 atom stereocenters. The van der Waals surface area contributed by atoms with Crippen molar-refractivity contribution in [3.63, 3.8) is 0 Å². The number of amides is 2. The number of hydrogen-bond donors (Lipinski definition) is 0. The zero-order valence-electron chi connectivity index (χ0n) is 17.9. The highest BCUT2D eigenvalue weighted by Crippen LogP contribution is 2.38. The third-order valence-corrected chi connectivity index (χ3v) is 5.86. The van der Waals surface area contributed by atoms with E-state index in [1.165, 1.54) is 0 Å². The lowest BCUT2D eigenvalue weighted by Crippen LogP contribution is -2.50. The van der Waals surface area contributed by atoms with Crippen molar-refractivity contribution >= 4 is 11.8 Å². The maximum Gasteiger partial charge on any atom is 0.417 e. The number of likely N-dealkylation sites (tertiary alicyclic amines) is 1. The monoisotopic (exact) mass is 464 g/mol. The highest BCUT2D eigenvalue weighted by atomic mass is 19.4. The van der Waals surface area contributed by atoms with Crippen molar-refractivity contribution in [2.75, 3.05) is 33.4 Å². The number of nitrogens with zero attached hydrogens (tertiary/aromatic N) is 4. The van der Waals surface area contributed by atoms with Crippen molar-refractivity contribution in [3.8, 4) is 5.88 Å². The van der Waals surface area contributed by atoms with Crippen LogP contribution in [0.3, 0.4) is 0 Å². The molecule has 8 nitrogen and oxygen atoms in total. The molecule has 33 heavy (non-hydrogen) atoms. The molecule has 4 heterocycles. The summed E-state index contributed by atoms with van der Waals surface area (Å²) < 4.78 is 49.1. The van der Waals surface area contributed by atoms with E-state index in [4.69, 9.17) is 9.47 Å². The molecular weight excluding hydrogens is 441 g/mol. The summed E-state index contributed by atoms with van der Waals surface area (Å²) in [6.07, 6.45) is -0.828. The number of ether oxygens (including phenoxy) is 2.